The van der Waals surface area contributed by atoms with Crippen LogP contribution in [-0.4, -0.2) is 29.4 Å². The van der Waals surface area contributed by atoms with Crippen LogP contribution in [-0.2, 0) is 11.2 Å². The third-order valence-electron chi connectivity index (χ3n) is 3.99. The van der Waals surface area contributed by atoms with E-state index in [4.69, 9.17) is 5.73 Å². The van der Waals surface area contributed by atoms with E-state index in [1.807, 2.05) is 35.2 Å². The summed E-state index contributed by atoms with van der Waals surface area (Å²) in [5, 5.41) is 0. The van der Waals surface area contributed by atoms with Gasteiger partial charge in [0.15, 0.2) is 0 Å². The Hall–Kier alpha value is -1.61. The Labute approximate surface area is 121 Å². The molecule has 1 aromatic carbocycles. The molecule has 0 aliphatic heterocycles. The van der Waals surface area contributed by atoms with Crippen molar-refractivity contribution in [2.24, 2.45) is 5.73 Å². The van der Waals surface area contributed by atoms with Crippen LogP contribution in [0.5, 0.6) is 0 Å². The Morgan fingerprint density at radius 2 is 2.00 bits per heavy atom. The summed E-state index contributed by atoms with van der Waals surface area (Å²) in [6.45, 7) is 4.37. The van der Waals surface area contributed by atoms with Gasteiger partial charge < -0.3 is 10.6 Å². The van der Waals surface area contributed by atoms with Crippen molar-refractivity contribution in [3.8, 4) is 0 Å². The van der Waals surface area contributed by atoms with Crippen molar-refractivity contribution < 1.29 is 4.79 Å². The van der Waals surface area contributed by atoms with Gasteiger partial charge in [0.25, 0.3) is 0 Å². The van der Waals surface area contributed by atoms with Crippen molar-refractivity contribution >= 4 is 5.91 Å². The fourth-order valence-electron chi connectivity index (χ4n) is 2.94. The molecule has 1 aliphatic carbocycles. The SMILES string of the molecule is C=CCN(C(=O)C(N)Cc1ccccc1)C1CCCC1. The van der Waals surface area contributed by atoms with Crippen LogP contribution in [0.25, 0.3) is 0 Å². The highest BCUT2D eigenvalue weighted by atomic mass is 16.2. The molecule has 1 atom stereocenters. The molecule has 0 spiro atoms. The molecule has 1 saturated carbocycles. The largest absolute Gasteiger partial charge is 0.335 e. The summed E-state index contributed by atoms with van der Waals surface area (Å²) in [4.78, 5) is 14.5. The third-order valence-corrected chi connectivity index (χ3v) is 3.99. The van der Waals surface area contributed by atoms with Crippen molar-refractivity contribution in [1.82, 2.24) is 4.90 Å². The second kappa shape index (κ2) is 7.25. The molecule has 0 saturated heterocycles. The Morgan fingerprint density at radius 3 is 2.60 bits per heavy atom. The molecular weight excluding hydrogens is 248 g/mol. The zero-order chi connectivity index (χ0) is 14.4. The van der Waals surface area contributed by atoms with E-state index < -0.39 is 6.04 Å². The highest BCUT2D eigenvalue weighted by Gasteiger charge is 2.28. The Bertz CT molecular complexity index is 438. The number of hydrogen-bond donors (Lipinski definition) is 1. The molecular formula is C17H24N2O. The van der Waals surface area contributed by atoms with Gasteiger partial charge in [0.1, 0.15) is 0 Å². The normalized spacial score (nSPS) is 16.9. The second-order valence-corrected chi connectivity index (χ2v) is 5.51. The Morgan fingerprint density at radius 1 is 1.35 bits per heavy atom. The molecule has 1 fully saturated rings. The van der Waals surface area contributed by atoms with Crippen molar-refractivity contribution in [2.75, 3.05) is 6.54 Å². The molecule has 0 radical (unpaired) electrons. The van der Waals surface area contributed by atoms with E-state index in [9.17, 15) is 4.79 Å². The molecule has 108 valence electrons. The van der Waals surface area contributed by atoms with Crippen LogP contribution in [0.4, 0.5) is 0 Å². The maximum atomic E-state index is 12.6. The molecule has 20 heavy (non-hydrogen) atoms. The number of carbonyl (C=O) groups is 1. The van der Waals surface area contributed by atoms with Gasteiger partial charge in [-0.3, -0.25) is 4.79 Å². The molecule has 3 nitrogen and oxygen atoms in total. The first-order chi connectivity index (χ1) is 9.72. The minimum atomic E-state index is -0.460. The lowest BCUT2D eigenvalue weighted by atomic mass is 10.0. The van der Waals surface area contributed by atoms with Crippen molar-refractivity contribution in [2.45, 2.75) is 44.2 Å². The molecule has 1 aromatic rings. The highest BCUT2D eigenvalue weighted by Crippen LogP contribution is 2.24. The Balaban J connectivity index is 2.00. The van der Waals surface area contributed by atoms with Gasteiger partial charge in [0, 0.05) is 12.6 Å². The first kappa shape index (κ1) is 14.8. The van der Waals surface area contributed by atoms with Gasteiger partial charge in [0.05, 0.1) is 6.04 Å². The fourth-order valence-corrected chi connectivity index (χ4v) is 2.94. The van der Waals surface area contributed by atoms with Crippen molar-refractivity contribution in [3.63, 3.8) is 0 Å². The van der Waals surface area contributed by atoms with Gasteiger partial charge in [0.2, 0.25) is 5.91 Å². The summed E-state index contributed by atoms with van der Waals surface area (Å²) >= 11 is 0. The number of nitrogens with zero attached hydrogens (tertiary/aromatic N) is 1. The highest BCUT2D eigenvalue weighted by molar-refractivity contribution is 5.82. The summed E-state index contributed by atoms with van der Waals surface area (Å²) < 4.78 is 0. The molecule has 0 aromatic heterocycles. The lowest BCUT2D eigenvalue weighted by Crippen LogP contribution is -2.48. The zero-order valence-electron chi connectivity index (χ0n) is 12.0. The summed E-state index contributed by atoms with van der Waals surface area (Å²) in [5.41, 5.74) is 7.23. The van der Waals surface area contributed by atoms with E-state index in [1.165, 1.54) is 12.8 Å². The van der Waals surface area contributed by atoms with Crippen LogP contribution in [0.3, 0.4) is 0 Å². The van der Waals surface area contributed by atoms with Gasteiger partial charge in [-0.1, -0.05) is 49.2 Å². The number of nitrogens with two attached hydrogens (primary N) is 1. The van der Waals surface area contributed by atoms with Gasteiger partial charge >= 0.3 is 0 Å². The molecule has 1 aliphatic rings. The minimum absolute atomic E-state index is 0.0562. The summed E-state index contributed by atoms with van der Waals surface area (Å²) in [5.74, 6) is 0.0562. The molecule has 1 unspecified atom stereocenters. The maximum absolute atomic E-state index is 12.6. The van der Waals surface area contributed by atoms with E-state index in [1.54, 1.807) is 6.08 Å². The third kappa shape index (κ3) is 3.70. The van der Waals surface area contributed by atoms with Crippen molar-refractivity contribution in [3.05, 3.63) is 48.6 Å². The van der Waals surface area contributed by atoms with Crippen LogP contribution < -0.4 is 5.73 Å². The first-order valence-corrected chi connectivity index (χ1v) is 7.43. The molecule has 3 heteroatoms. The van der Waals surface area contributed by atoms with Gasteiger partial charge in [-0.05, 0) is 24.8 Å². The lowest BCUT2D eigenvalue weighted by Gasteiger charge is -2.30. The van der Waals surface area contributed by atoms with Crippen LogP contribution >= 0.6 is 0 Å². The predicted molar refractivity (Wildman–Crippen MR) is 82.3 cm³/mol. The van der Waals surface area contributed by atoms with E-state index in [0.717, 1.165) is 18.4 Å². The number of amides is 1. The Kier molecular flexibility index (Phi) is 5.36. The van der Waals surface area contributed by atoms with Crippen LogP contribution in [0, 0.1) is 0 Å². The van der Waals surface area contributed by atoms with E-state index in [0.29, 0.717) is 19.0 Å². The van der Waals surface area contributed by atoms with E-state index >= 15 is 0 Å². The number of benzene rings is 1. The summed E-state index contributed by atoms with van der Waals surface area (Å²) in [7, 11) is 0. The summed E-state index contributed by atoms with van der Waals surface area (Å²) in [6, 6.07) is 9.84. The molecule has 1 amide bonds. The van der Waals surface area contributed by atoms with E-state index in [2.05, 4.69) is 6.58 Å². The molecule has 0 heterocycles. The molecule has 2 N–H and O–H groups in total. The van der Waals surface area contributed by atoms with Gasteiger partial charge in [-0.2, -0.15) is 0 Å². The molecule has 0 bridgehead atoms. The average molecular weight is 272 g/mol. The van der Waals surface area contributed by atoms with Crippen LogP contribution in [0.15, 0.2) is 43.0 Å². The van der Waals surface area contributed by atoms with Crippen LogP contribution in [0.2, 0.25) is 0 Å². The van der Waals surface area contributed by atoms with Crippen LogP contribution in [0.1, 0.15) is 31.2 Å². The smallest absolute Gasteiger partial charge is 0.240 e. The quantitative estimate of drug-likeness (QED) is 0.809. The molecule has 2 rings (SSSR count). The standard InChI is InChI=1S/C17H24N2O/c1-2-12-19(15-10-6-7-11-15)17(20)16(18)13-14-8-4-3-5-9-14/h2-5,8-9,15-16H,1,6-7,10-13,18H2. The van der Waals surface area contributed by atoms with Crippen molar-refractivity contribution in [1.29, 1.82) is 0 Å². The summed E-state index contributed by atoms with van der Waals surface area (Å²) in [6.07, 6.45) is 7.00. The lowest BCUT2D eigenvalue weighted by molar-refractivity contribution is -0.134. The number of carbonyl (C=O) groups excluding carboxylic acids is 1. The minimum Gasteiger partial charge on any atom is -0.335 e. The monoisotopic (exact) mass is 272 g/mol. The first-order valence-electron chi connectivity index (χ1n) is 7.43. The van der Waals surface area contributed by atoms with E-state index in [-0.39, 0.29) is 5.91 Å². The number of rotatable bonds is 6. The zero-order valence-corrected chi connectivity index (χ0v) is 12.0. The predicted octanol–water partition coefficient (Wildman–Crippen LogP) is 2.51. The maximum Gasteiger partial charge on any atom is 0.240 e. The number of hydrogen-bond acceptors (Lipinski definition) is 2. The van der Waals surface area contributed by atoms with Gasteiger partial charge in [-0.15, -0.1) is 6.58 Å². The van der Waals surface area contributed by atoms with Gasteiger partial charge in [-0.25, -0.2) is 0 Å². The fraction of sp³-hybridized carbons (Fsp3) is 0.471. The average Bonchev–Trinajstić information content (AvgIpc) is 2.99. The second-order valence-electron chi connectivity index (χ2n) is 5.51. The topological polar surface area (TPSA) is 46.3 Å².